The predicted octanol–water partition coefficient (Wildman–Crippen LogP) is 3.59. The van der Waals surface area contributed by atoms with Crippen LogP contribution in [0.25, 0.3) is 0 Å². The highest BCUT2D eigenvalue weighted by Gasteiger charge is 2.33. The second-order valence-electron chi connectivity index (χ2n) is 8.26. The van der Waals surface area contributed by atoms with Crippen molar-refractivity contribution in [2.24, 2.45) is 5.92 Å². The minimum atomic E-state index is -1.26. The number of aromatic nitrogens is 1. The normalized spacial score (nSPS) is 19.0. The van der Waals surface area contributed by atoms with Gasteiger partial charge in [-0.05, 0) is 75.3 Å². The summed E-state index contributed by atoms with van der Waals surface area (Å²) in [5, 5.41) is 14.7. The van der Waals surface area contributed by atoms with Crippen LogP contribution in [0.3, 0.4) is 0 Å². The number of anilines is 1. The first kappa shape index (κ1) is 21.5. The van der Waals surface area contributed by atoms with Crippen molar-refractivity contribution in [2.75, 3.05) is 5.32 Å². The van der Waals surface area contributed by atoms with Gasteiger partial charge in [0.25, 0.3) is 5.91 Å². The summed E-state index contributed by atoms with van der Waals surface area (Å²) in [6, 6.07) is 13.0. The molecule has 0 radical (unpaired) electrons. The zero-order valence-electron chi connectivity index (χ0n) is 17.2. The summed E-state index contributed by atoms with van der Waals surface area (Å²) in [5.41, 5.74) is 0.988. The van der Waals surface area contributed by atoms with Crippen LogP contribution in [-0.4, -0.2) is 33.4 Å². The van der Waals surface area contributed by atoms with Crippen molar-refractivity contribution in [2.45, 2.75) is 51.0 Å². The lowest BCUT2D eigenvalue weighted by Crippen LogP contribution is -2.51. The molecule has 0 atom stereocenters. The fourth-order valence-electron chi connectivity index (χ4n) is 3.68. The van der Waals surface area contributed by atoms with Crippen molar-refractivity contribution in [3.63, 3.8) is 0 Å². The highest BCUT2D eigenvalue weighted by atomic mass is 16.4. The van der Waals surface area contributed by atoms with Gasteiger partial charge in [-0.2, -0.15) is 0 Å². The molecular formula is C23H27N3O4. The van der Waals surface area contributed by atoms with Gasteiger partial charge in [-0.15, -0.1) is 0 Å². The molecule has 0 aliphatic heterocycles. The molecule has 0 spiro atoms. The minimum absolute atomic E-state index is 0.156. The highest BCUT2D eigenvalue weighted by molar-refractivity contribution is 6.02. The number of nitrogens with zero attached hydrogens (tertiary/aromatic N) is 1. The van der Waals surface area contributed by atoms with Gasteiger partial charge in [0.1, 0.15) is 11.2 Å². The average Bonchev–Trinajstić information content (AvgIpc) is 2.74. The van der Waals surface area contributed by atoms with E-state index in [1.807, 2.05) is 24.3 Å². The molecular weight excluding hydrogens is 382 g/mol. The Morgan fingerprint density at radius 1 is 1.00 bits per heavy atom. The maximum absolute atomic E-state index is 12.4. The molecule has 3 N–H and O–H groups in total. The number of benzene rings is 1. The molecule has 30 heavy (non-hydrogen) atoms. The van der Waals surface area contributed by atoms with Gasteiger partial charge in [0, 0.05) is 17.8 Å². The molecule has 158 valence electrons. The van der Waals surface area contributed by atoms with Crippen LogP contribution >= 0.6 is 0 Å². The molecule has 0 bridgehead atoms. The van der Waals surface area contributed by atoms with Crippen LogP contribution in [0.4, 0.5) is 5.69 Å². The van der Waals surface area contributed by atoms with E-state index < -0.39 is 11.5 Å². The Morgan fingerprint density at radius 3 is 2.23 bits per heavy atom. The molecule has 3 rings (SSSR count). The molecule has 1 aromatic carbocycles. The number of hydrogen-bond acceptors (Lipinski definition) is 4. The molecule has 1 fully saturated rings. The van der Waals surface area contributed by atoms with Gasteiger partial charge in [0.2, 0.25) is 5.91 Å². The zero-order valence-corrected chi connectivity index (χ0v) is 17.2. The van der Waals surface area contributed by atoms with Crippen LogP contribution < -0.4 is 10.6 Å². The Kier molecular flexibility index (Phi) is 6.50. The van der Waals surface area contributed by atoms with Crippen molar-refractivity contribution < 1.29 is 19.5 Å². The van der Waals surface area contributed by atoms with Gasteiger partial charge in [0.15, 0.2) is 0 Å². The van der Waals surface area contributed by atoms with Crippen molar-refractivity contribution in [1.82, 2.24) is 10.3 Å². The van der Waals surface area contributed by atoms with Crippen molar-refractivity contribution in [3.8, 4) is 0 Å². The Bertz CT molecular complexity index is 902. The SMILES string of the molecule is CC(C)(NC(=O)C1CCC(c2ccc(NC(=O)c3ccccn3)cc2)CC1)C(=O)O. The Hall–Kier alpha value is -3.22. The van der Waals surface area contributed by atoms with Crippen LogP contribution in [0.2, 0.25) is 0 Å². The number of aliphatic carboxylic acids is 1. The number of carbonyl (C=O) groups is 3. The van der Waals surface area contributed by atoms with Crippen molar-refractivity contribution >= 4 is 23.5 Å². The quantitative estimate of drug-likeness (QED) is 0.676. The Labute approximate surface area is 175 Å². The highest BCUT2D eigenvalue weighted by Crippen LogP contribution is 2.36. The van der Waals surface area contributed by atoms with Crippen LogP contribution in [0, 0.1) is 5.92 Å². The van der Waals surface area contributed by atoms with Crippen LogP contribution in [0.15, 0.2) is 48.7 Å². The van der Waals surface area contributed by atoms with E-state index in [0.29, 0.717) is 17.3 Å². The van der Waals surface area contributed by atoms with Gasteiger partial charge in [0.05, 0.1) is 0 Å². The lowest BCUT2D eigenvalue weighted by Gasteiger charge is -2.30. The van der Waals surface area contributed by atoms with E-state index in [4.69, 9.17) is 0 Å². The summed E-state index contributed by atoms with van der Waals surface area (Å²) < 4.78 is 0. The third-order valence-corrected chi connectivity index (χ3v) is 5.61. The number of hydrogen-bond donors (Lipinski definition) is 3. The number of amides is 2. The molecule has 1 heterocycles. The third kappa shape index (κ3) is 5.23. The van der Waals surface area contributed by atoms with Crippen LogP contribution in [0.5, 0.6) is 0 Å². The molecule has 0 saturated heterocycles. The largest absolute Gasteiger partial charge is 0.480 e. The number of nitrogens with one attached hydrogen (secondary N) is 2. The maximum Gasteiger partial charge on any atom is 0.328 e. The fourth-order valence-corrected chi connectivity index (χ4v) is 3.68. The van der Waals surface area contributed by atoms with E-state index >= 15 is 0 Å². The molecule has 7 heteroatoms. The topological polar surface area (TPSA) is 108 Å². The summed E-state index contributed by atoms with van der Waals surface area (Å²) >= 11 is 0. The maximum atomic E-state index is 12.4. The number of carbonyl (C=O) groups excluding carboxylic acids is 2. The molecule has 2 aromatic rings. The van der Waals surface area contributed by atoms with E-state index in [2.05, 4.69) is 15.6 Å². The summed E-state index contributed by atoms with van der Waals surface area (Å²) in [5.74, 6) is -1.29. The number of carboxylic acid groups (broad SMARTS) is 1. The Morgan fingerprint density at radius 2 is 1.67 bits per heavy atom. The minimum Gasteiger partial charge on any atom is -0.480 e. The fraction of sp³-hybridized carbons (Fsp3) is 0.391. The van der Waals surface area contributed by atoms with Gasteiger partial charge < -0.3 is 15.7 Å². The second kappa shape index (κ2) is 9.07. The lowest BCUT2D eigenvalue weighted by molar-refractivity contribution is -0.146. The van der Waals surface area contributed by atoms with Crippen LogP contribution in [0.1, 0.15) is 61.5 Å². The molecule has 1 aliphatic carbocycles. The molecule has 2 amide bonds. The first-order chi connectivity index (χ1) is 14.3. The molecule has 7 nitrogen and oxygen atoms in total. The van der Waals surface area contributed by atoms with E-state index in [0.717, 1.165) is 25.7 Å². The summed E-state index contributed by atoms with van der Waals surface area (Å²) in [7, 11) is 0. The first-order valence-corrected chi connectivity index (χ1v) is 10.1. The van der Waals surface area contributed by atoms with Gasteiger partial charge in [-0.25, -0.2) is 4.79 Å². The standard InChI is InChI=1S/C23H27N3O4/c1-23(2,22(29)30)26-20(27)17-8-6-15(7-9-17)16-10-12-18(13-11-16)25-21(28)19-5-3-4-14-24-19/h3-5,10-15,17H,6-9H2,1-2H3,(H,25,28)(H,26,27)(H,29,30). The molecule has 0 unspecified atom stereocenters. The molecule has 1 aromatic heterocycles. The number of pyridine rings is 1. The summed E-state index contributed by atoms with van der Waals surface area (Å²) in [6.07, 6.45) is 4.77. The van der Waals surface area contributed by atoms with E-state index in [1.54, 1.807) is 24.4 Å². The van der Waals surface area contributed by atoms with E-state index in [9.17, 15) is 19.5 Å². The van der Waals surface area contributed by atoms with E-state index in [-0.39, 0.29) is 17.7 Å². The average molecular weight is 409 g/mol. The third-order valence-electron chi connectivity index (χ3n) is 5.61. The zero-order chi connectivity index (χ0) is 21.7. The van der Waals surface area contributed by atoms with E-state index in [1.165, 1.54) is 19.4 Å². The van der Waals surface area contributed by atoms with Gasteiger partial charge >= 0.3 is 5.97 Å². The number of rotatable bonds is 6. The van der Waals surface area contributed by atoms with Crippen molar-refractivity contribution in [3.05, 3.63) is 59.9 Å². The first-order valence-electron chi connectivity index (χ1n) is 10.1. The molecule has 1 aliphatic rings. The monoisotopic (exact) mass is 409 g/mol. The second-order valence-corrected chi connectivity index (χ2v) is 8.26. The number of carboxylic acids is 1. The Balaban J connectivity index is 1.53. The van der Waals surface area contributed by atoms with Gasteiger partial charge in [-0.1, -0.05) is 18.2 Å². The summed E-state index contributed by atoms with van der Waals surface area (Å²) in [4.78, 5) is 39.8. The van der Waals surface area contributed by atoms with Crippen LogP contribution in [-0.2, 0) is 9.59 Å². The predicted molar refractivity (Wildman–Crippen MR) is 113 cm³/mol. The van der Waals surface area contributed by atoms with Gasteiger partial charge in [-0.3, -0.25) is 14.6 Å². The smallest absolute Gasteiger partial charge is 0.328 e. The van der Waals surface area contributed by atoms with Crippen molar-refractivity contribution in [1.29, 1.82) is 0 Å². The molecule has 1 saturated carbocycles. The summed E-state index contributed by atoms with van der Waals surface area (Å²) in [6.45, 7) is 2.99. The lowest BCUT2D eigenvalue weighted by atomic mass is 9.78.